The van der Waals surface area contributed by atoms with Crippen molar-refractivity contribution in [2.45, 2.75) is 6.92 Å². The van der Waals surface area contributed by atoms with Crippen molar-refractivity contribution >= 4 is 5.97 Å². The van der Waals surface area contributed by atoms with Gasteiger partial charge in [0.15, 0.2) is 5.83 Å². The van der Waals surface area contributed by atoms with E-state index >= 15 is 0 Å². The van der Waals surface area contributed by atoms with Gasteiger partial charge in [-0.2, -0.15) is 4.39 Å². The lowest BCUT2D eigenvalue weighted by Gasteiger charge is -2.06. The molecule has 2 aromatic rings. The van der Waals surface area contributed by atoms with Gasteiger partial charge in [0, 0.05) is 0 Å². The first-order valence-electron chi connectivity index (χ1n) is 6.13. The monoisotopic (exact) mass is 290 g/mol. The van der Waals surface area contributed by atoms with Gasteiger partial charge >= 0.3 is 12.0 Å². The Bertz CT molecular complexity index is 645. The summed E-state index contributed by atoms with van der Waals surface area (Å²) >= 11 is 0. The second-order valence-corrected chi connectivity index (χ2v) is 4.14. The maximum atomic E-state index is 12.9. The van der Waals surface area contributed by atoms with Crippen LogP contribution in [0.2, 0.25) is 0 Å². The molecule has 0 amide bonds. The minimum absolute atomic E-state index is 0.0840. The van der Waals surface area contributed by atoms with Gasteiger partial charge in [0.1, 0.15) is 11.5 Å². The maximum absolute atomic E-state index is 12.9. The molecule has 5 heteroatoms. The predicted octanol–water partition coefficient (Wildman–Crippen LogP) is 4.41. The quantitative estimate of drug-likeness (QED) is 0.475. The van der Waals surface area contributed by atoms with E-state index in [9.17, 15) is 13.6 Å². The molecule has 0 heterocycles. The zero-order valence-corrected chi connectivity index (χ0v) is 11.2. The van der Waals surface area contributed by atoms with E-state index < -0.39 is 17.8 Å². The van der Waals surface area contributed by atoms with Crippen LogP contribution >= 0.6 is 0 Å². The summed E-state index contributed by atoms with van der Waals surface area (Å²) < 4.78 is 35.2. The fourth-order valence-electron chi connectivity index (χ4n) is 1.49. The highest BCUT2D eigenvalue weighted by Crippen LogP contribution is 2.19. The minimum atomic E-state index is -1.31. The summed E-state index contributed by atoms with van der Waals surface area (Å²) in [6.07, 6.45) is 0. The van der Waals surface area contributed by atoms with E-state index in [1.807, 2.05) is 0 Å². The van der Waals surface area contributed by atoms with E-state index in [1.54, 1.807) is 30.3 Å². The Morgan fingerprint density at radius 3 is 2.00 bits per heavy atom. The number of ether oxygens (including phenoxy) is 2. The third-order valence-electron chi connectivity index (χ3n) is 2.52. The molecule has 3 nitrogen and oxygen atoms in total. The third-order valence-corrected chi connectivity index (χ3v) is 2.52. The van der Waals surface area contributed by atoms with Gasteiger partial charge in [-0.05, 0) is 43.3 Å². The predicted molar refractivity (Wildman–Crippen MR) is 73.4 cm³/mol. The highest BCUT2D eigenvalue weighted by molar-refractivity contribution is 5.91. The highest BCUT2D eigenvalue weighted by atomic mass is 19.2. The topological polar surface area (TPSA) is 35.5 Å². The Kier molecular flexibility index (Phi) is 4.66. The van der Waals surface area contributed by atoms with Crippen LogP contribution in [0.1, 0.15) is 17.3 Å². The molecule has 0 aliphatic heterocycles. The molecule has 0 fully saturated rings. The average Bonchev–Trinajstić information content (AvgIpc) is 2.48. The molecule has 0 bridgehead atoms. The van der Waals surface area contributed by atoms with Gasteiger partial charge in [-0.15, -0.1) is 0 Å². The van der Waals surface area contributed by atoms with Gasteiger partial charge in [-0.3, -0.25) is 0 Å². The minimum Gasteiger partial charge on any atom is -0.430 e. The van der Waals surface area contributed by atoms with Crippen LogP contribution in [0.25, 0.3) is 0 Å². The molecule has 0 unspecified atom stereocenters. The molecule has 0 spiro atoms. The summed E-state index contributed by atoms with van der Waals surface area (Å²) in [5.41, 5.74) is 0.271. The second-order valence-electron chi connectivity index (χ2n) is 4.14. The molecular weight excluding hydrogens is 278 g/mol. The summed E-state index contributed by atoms with van der Waals surface area (Å²) in [5, 5.41) is 0. The number of carbonyl (C=O) groups excluding carboxylic acids is 1. The summed E-state index contributed by atoms with van der Waals surface area (Å²) in [6.45, 7) is 0.945. The molecule has 0 saturated heterocycles. The average molecular weight is 290 g/mol. The van der Waals surface area contributed by atoms with Crippen LogP contribution in [0.5, 0.6) is 11.5 Å². The molecule has 0 radical (unpaired) electrons. The van der Waals surface area contributed by atoms with Crippen molar-refractivity contribution < 1.29 is 23.0 Å². The fraction of sp³-hybridized carbons (Fsp3) is 0.0625. The zero-order chi connectivity index (χ0) is 15.2. The normalized spacial score (nSPS) is 11.6. The second kappa shape index (κ2) is 6.65. The SMILES string of the molecule is C/C(F)=C(/F)Oc1ccc(C(=O)Oc2ccccc2)cc1. The molecule has 0 aliphatic carbocycles. The van der Waals surface area contributed by atoms with Gasteiger partial charge in [0.2, 0.25) is 0 Å². The van der Waals surface area contributed by atoms with Gasteiger partial charge < -0.3 is 9.47 Å². The van der Waals surface area contributed by atoms with Crippen molar-refractivity contribution in [1.29, 1.82) is 0 Å². The van der Waals surface area contributed by atoms with Crippen molar-refractivity contribution in [2.24, 2.45) is 0 Å². The first kappa shape index (κ1) is 14.7. The fourth-order valence-corrected chi connectivity index (χ4v) is 1.49. The highest BCUT2D eigenvalue weighted by Gasteiger charge is 2.09. The van der Waals surface area contributed by atoms with Crippen LogP contribution in [-0.4, -0.2) is 5.97 Å². The smallest absolute Gasteiger partial charge is 0.343 e. The van der Waals surface area contributed by atoms with E-state index in [4.69, 9.17) is 4.74 Å². The molecule has 2 aromatic carbocycles. The Morgan fingerprint density at radius 2 is 1.43 bits per heavy atom. The molecule has 108 valence electrons. The molecule has 0 saturated carbocycles. The van der Waals surface area contributed by atoms with Gasteiger partial charge in [-0.1, -0.05) is 18.2 Å². The lowest BCUT2D eigenvalue weighted by atomic mass is 10.2. The number of allylic oxidation sites excluding steroid dienone is 1. The third kappa shape index (κ3) is 4.14. The number of benzene rings is 2. The molecule has 0 N–H and O–H groups in total. The van der Waals surface area contributed by atoms with Crippen LogP contribution < -0.4 is 9.47 Å². The Hall–Kier alpha value is -2.69. The summed E-state index contributed by atoms with van der Waals surface area (Å²) in [6, 6.07) is 12.8. The molecule has 0 aromatic heterocycles. The van der Waals surface area contributed by atoms with Crippen LogP contribution in [-0.2, 0) is 0 Å². The van der Waals surface area contributed by atoms with Crippen LogP contribution in [0.15, 0.2) is 66.4 Å². The number of carbonyl (C=O) groups is 1. The number of para-hydroxylation sites is 1. The summed E-state index contributed by atoms with van der Waals surface area (Å²) in [5.74, 6) is -1.10. The lowest BCUT2D eigenvalue weighted by molar-refractivity contribution is 0.0735. The Labute approximate surface area is 120 Å². The van der Waals surface area contributed by atoms with E-state index in [0.717, 1.165) is 6.92 Å². The van der Waals surface area contributed by atoms with Crippen molar-refractivity contribution in [3.63, 3.8) is 0 Å². The van der Waals surface area contributed by atoms with Gasteiger partial charge in [0.05, 0.1) is 5.56 Å². The number of hydrogen-bond acceptors (Lipinski definition) is 3. The van der Waals surface area contributed by atoms with E-state index in [-0.39, 0.29) is 11.3 Å². The van der Waals surface area contributed by atoms with E-state index in [2.05, 4.69) is 4.74 Å². The number of halogens is 2. The largest absolute Gasteiger partial charge is 0.430 e. The van der Waals surface area contributed by atoms with Crippen LogP contribution in [0, 0.1) is 0 Å². The first-order chi connectivity index (χ1) is 10.1. The molecule has 0 atom stereocenters. The van der Waals surface area contributed by atoms with Crippen LogP contribution in [0.4, 0.5) is 8.78 Å². The zero-order valence-electron chi connectivity index (χ0n) is 11.2. The van der Waals surface area contributed by atoms with E-state index in [0.29, 0.717) is 5.75 Å². The van der Waals surface area contributed by atoms with Crippen molar-refractivity contribution in [3.05, 3.63) is 72.0 Å². The maximum Gasteiger partial charge on any atom is 0.343 e. The Balaban J connectivity index is 2.05. The molecule has 2 rings (SSSR count). The summed E-state index contributed by atoms with van der Waals surface area (Å²) in [4.78, 5) is 11.8. The number of rotatable bonds is 4. The lowest BCUT2D eigenvalue weighted by Crippen LogP contribution is -2.08. The number of esters is 1. The number of hydrogen-bond donors (Lipinski definition) is 0. The molecular formula is C16H12F2O3. The van der Waals surface area contributed by atoms with E-state index in [1.165, 1.54) is 24.3 Å². The van der Waals surface area contributed by atoms with Crippen molar-refractivity contribution in [1.82, 2.24) is 0 Å². The first-order valence-corrected chi connectivity index (χ1v) is 6.13. The van der Waals surface area contributed by atoms with Gasteiger partial charge in [0.25, 0.3) is 0 Å². The van der Waals surface area contributed by atoms with Crippen molar-refractivity contribution in [3.8, 4) is 11.5 Å². The Morgan fingerprint density at radius 1 is 0.857 bits per heavy atom. The van der Waals surface area contributed by atoms with Crippen LogP contribution in [0.3, 0.4) is 0 Å². The van der Waals surface area contributed by atoms with Gasteiger partial charge in [-0.25, -0.2) is 9.18 Å². The summed E-state index contributed by atoms with van der Waals surface area (Å²) in [7, 11) is 0. The molecule has 21 heavy (non-hydrogen) atoms. The van der Waals surface area contributed by atoms with Crippen molar-refractivity contribution in [2.75, 3.05) is 0 Å². The standard InChI is InChI=1S/C16H12F2O3/c1-11(17)15(18)20-14-9-7-12(8-10-14)16(19)21-13-5-3-2-4-6-13/h2-10H,1H3/b15-11+. The molecule has 0 aliphatic rings.